The summed E-state index contributed by atoms with van der Waals surface area (Å²) < 4.78 is 0. The van der Waals surface area contributed by atoms with Crippen molar-refractivity contribution in [1.29, 1.82) is 0 Å². The van der Waals surface area contributed by atoms with Crippen LogP contribution in [0.2, 0.25) is 0 Å². The van der Waals surface area contributed by atoms with Gasteiger partial charge in [-0.1, -0.05) is 32.0 Å². The van der Waals surface area contributed by atoms with Gasteiger partial charge in [-0.15, -0.1) is 11.3 Å². The van der Waals surface area contributed by atoms with Crippen molar-refractivity contribution < 1.29 is 4.92 Å². The molecule has 0 bridgehead atoms. The maximum atomic E-state index is 11.0. The molecule has 0 saturated heterocycles. The maximum absolute atomic E-state index is 11.0. The molecule has 4 nitrogen and oxygen atoms in total. The standard InChI is InChI=1S/C16H20N2O2S/c1-11(2)16(15-5-4-8-21-15)17-10-13-7-6-12(3)14(9-13)18(19)20/h4-9,11,16-17H,10H2,1-3H3. The van der Waals surface area contributed by atoms with E-state index in [1.807, 2.05) is 18.2 Å². The fourth-order valence-corrected chi connectivity index (χ4v) is 3.30. The van der Waals surface area contributed by atoms with E-state index in [-0.39, 0.29) is 16.7 Å². The zero-order valence-electron chi connectivity index (χ0n) is 12.5. The van der Waals surface area contributed by atoms with Crippen LogP contribution >= 0.6 is 11.3 Å². The quantitative estimate of drug-likeness (QED) is 0.633. The lowest BCUT2D eigenvalue weighted by molar-refractivity contribution is -0.385. The number of nitro benzene ring substituents is 1. The number of hydrogen-bond donors (Lipinski definition) is 1. The van der Waals surface area contributed by atoms with E-state index in [1.165, 1.54) is 4.88 Å². The molecule has 0 spiro atoms. The van der Waals surface area contributed by atoms with Crippen LogP contribution in [-0.4, -0.2) is 4.92 Å². The van der Waals surface area contributed by atoms with Gasteiger partial charge in [0, 0.05) is 29.1 Å². The molecule has 1 atom stereocenters. The van der Waals surface area contributed by atoms with E-state index in [4.69, 9.17) is 0 Å². The summed E-state index contributed by atoms with van der Waals surface area (Å²) in [4.78, 5) is 12.0. The Morgan fingerprint density at radius 2 is 2.10 bits per heavy atom. The van der Waals surface area contributed by atoms with Gasteiger partial charge in [0.2, 0.25) is 0 Å². The highest BCUT2D eigenvalue weighted by molar-refractivity contribution is 7.10. The molecule has 112 valence electrons. The minimum absolute atomic E-state index is 0.187. The van der Waals surface area contributed by atoms with Crippen molar-refractivity contribution in [2.45, 2.75) is 33.4 Å². The summed E-state index contributed by atoms with van der Waals surface area (Å²) in [5.74, 6) is 0.462. The SMILES string of the molecule is Cc1ccc(CNC(c2cccs2)C(C)C)cc1[N+](=O)[O-]. The lowest BCUT2D eigenvalue weighted by Crippen LogP contribution is -2.24. The highest BCUT2D eigenvalue weighted by Gasteiger charge is 2.17. The van der Waals surface area contributed by atoms with Crippen LogP contribution in [0.1, 0.15) is 35.9 Å². The number of thiophene rings is 1. The molecule has 1 unspecified atom stereocenters. The van der Waals surface area contributed by atoms with Crippen LogP contribution in [0.25, 0.3) is 0 Å². The second kappa shape index (κ2) is 6.83. The van der Waals surface area contributed by atoms with Gasteiger partial charge in [0.25, 0.3) is 5.69 Å². The molecule has 0 amide bonds. The first kappa shape index (κ1) is 15.7. The predicted molar refractivity (Wildman–Crippen MR) is 86.6 cm³/mol. The number of hydrogen-bond acceptors (Lipinski definition) is 4. The van der Waals surface area contributed by atoms with E-state index in [0.717, 1.165) is 5.56 Å². The Balaban J connectivity index is 2.11. The Kier molecular flexibility index (Phi) is 5.09. The summed E-state index contributed by atoms with van der Waals surface area (Å²) in [6.45, 7) is 6.74. The highest BCUT2D eigenvalue weighted by atomic mass is 32.1. The molecule has 2 rings (SSSR count). The molecule has 21 heavy (non-hydrogen) atoms. The predicted octanol–water partition coefficient (Wildman–Crippen LogP) is 4.45. The third-order valence-electron chi connectivity index (χ3n) is 3.51. The topological polar surface area (TPSA) is 55.2 Å². The lowest BCUT2D eigenvalue weighted by Gasteiger charge is -2.21. The molecule has 1 N–H and O–H groups in total. The molecule has 0 aliphatic rings. The van der Waals surface area contributed by atoms with Gasteiger partial charge in [-0.3, -0.25) is 10.1 Å². The molecule has 0 radical (unpaired) electrons. The van der Waals surface area contributed by atoms with Crippen molar-refractivity contribution in [1.82, 2.24) is 5.32 Å². The van der Waals surface area contributed by atoms with Gasteiger partial charge in [0.1, 0.15) is 0 Å². The molecule has 1 aromatic heterocycles. The van der Waals surface area contributed by atoms with E-state index < -0.39 is 0 Å². The summed E-state index contributed by atoms with van der Waals surface area (Å²) >= 11 is 1.73. The van der Waals surface area contributed by atoms with Crippen molar-refractivity contribution >= 4 is 17.0 Å². The monoisotopic (exact) mass is 304 g/mol. The number of nitro groups is 1. The van der Waals surface area contributed by atoms with Gasteiger partial charge < -0.3 is 5.32 Å². The van der Waals surface area contributed by atoms with Crippen LogP contribution in [0, 0.1) is 23.0 Å². The van der Waals surface area contributed by atoms with Crippen LogP contribution in [0.4, 0.5) is 5.69 Å². The number of nitrogens with zero attached hydrogens (tertiary/aromatic N) is 1. The zero-order valence-corrected chi connectivity index (χ0v) is 13.3. The fourth-order valence-electron chi connectivity index (χ4n) is 2.32. The van der Waals surface area contributed by atoms with Crippen molar-refractivity contribution in [3.05, 3.63) is 61.8 Å². The average molecular weight is 304 g/mol. The van der Waals surface area contributed by atoms with E-state index in [9.17, 15) is 10.1 Å². The van der Waals surface area contributed by atoms with Crippen LogP contribution < -0.4 is 5.32 Å². The normalized spacial score (nSPS) is 12.6. The molecule has 1 heterocycles. The summed E-state index contributed by atoms with van der Waals surface area (Å²) in [6.07, 6.45) is 0. The van der Waals surface area contributed by atoms with Crippen molar-refractivity contribution in [3.8, 4) is 0 Å². The van der Waals surface area contributed by atoms with Crippen LogP contribution in [0.15, 0.2) is 35.7 Å². The molecular formula is C16H20N2O2S. The molecule has 1 aromatic carbocycles. The molecule has 5 heteroatoms. The van der Waals surface area contributed by atoms with Crippen molar-refractivity contribution in [3.63, 3.8) is 0 Å². The van der Waals surface area contributed by atoms with Gasteiger partial charge in [0.15, 0.2) is 0 Å². The Hall–Kier alpha value is -1.72. The van der Waals surface area contributed by atoms with E-state index >= 15 is 0 Å². The lowest BCUT2D eigenvalue weighted by atomic mass is 10.0. The summed E-state index contributed by atoms with van der Waals surface area (Å²) in [5.41, 5.74) is 1.82. The number of aryl methyl sites for hydroxylation is 1. The molecule has 2 aromatic rings. The minimum Gasteiger partial charge on any atom is -0.305 e. The zero-order chi connectivity index (χ0) is 15.4. The first-order valence-corrected chi connectivity index (χ1v) is 7.87. The minimum atomic E-state index is -0.321. The summed E-state index contributed by atoms with van der Waals surface area (Å²) in [7, 11) is 0. The number of rotatable bonds is 6. The van der Waals surface area contributed by atoms with Gasteiger partial charge >= 0.3 is 0 Å². The molecular weight excluding hydrogens is 284 g/mol. The Labute approximate surface area is 129 Å². The maximum Gasteiger partial charge on any atom is 0.272 e. The fraction of sp³-hybridized carbons (Fsp3) is 0.375. The second-order valence-corrected chi connectivity index (χ2v) is 6.48. The van der Waals surface area contributed by atoms with Crippen molar-refractivity contribution in [2.75, 3.05) is 0 Å². The first-order valence-electron chi connectivity index (χ1n) is 6.99. The van der Waals surface area contributed by atoms with Gasteiger partial charge in [-0.2, -0.15) is 0 Å². The second-order valence-electron chi connectivity index (χ2n) is 5.50. The van der Waals surface area contributed by atoms with Crippen LogP contribution in [-0.2, 0) is 6.54 Å². The van der Waals surface area contributed by atoms with E-state index in [0.29, 0.717) is 18.0 Å². The summed E-state index contributed by atoms with van der Waals surface area (Å²) in [5, 5.41) is 16.6. The first-order chi connectivity index (χ1) is 9.99. The van der Waals surface area contributed by atoms with Gasteiger partial charge in [-0.25, -0.2) is 0 Å². The Morgan fingerprint density at radius 1 is 1.33 bits per heavy atom. The van der Waals surface area contributed by atoms with Crippen LogP contribution in [0.5, 0.6) is 0 Å². The molecule has 0 fully saturated rings. The molecule has 0 saturated carbocycles. The molecule has 0 aliphatic carbocycles. The molecule has 0 aliphatic heterocycles. The number of benzene rings is 1. The Bertz CT molecular complexity index is 609. The average Bonchev–Trinajstić information content (AvgIpc) is 2.94. The van der Waals surface area contributed by atoms with Gasteiger partial charge in [-0.05, 0) is 29.9 Å². The third kappa shape index (κ3) is 3.89. The van der Waals surface area contributed by atoms with Crippen LogP contribution in [0.3, 0.4) is 0 Å². The third-order valence-corrected chi connectivity index (χ3v) is 4.47. The van der Waals surface area contributed by atoms with E-state index in [1.54, 1.807) is 24.3 Å². The van der Waals surface area contributed by atoms with Gasteiger partial charge in [0.05, 0.1) is 4.92 Å². The van der Waals surface area contributed by atoms with Crippen molar-refractivity contribution in [2.24, 2.45) is 5.92 Å². The largest absolute Gasteiger partial charge is 0.305 e. The smallest absolute Gasteiger partial charge is 0.272 e. The number of nitrogens with one attached hydrogen (secondary N) is 1. The highest BCUT2D eigenvalue weighted by Crippen LogP contribution is 2.26. The summed E-state index contributed by atoms with van der Waals surface area (Å²) in [6, 6.07) is 9.86. The Morgan fingerprint density at radius 3 is 2.67 bits per heavy atom. The van der Waals surface area contributed by atoms with E-state index in [2.05, 4.69) is 30.6 Å².